The largest absolute Gasteiger partial charge is 0.322 e. The molecule has 0 aliphatic carbocycles. The molecule has 3 nitrogen and oxygen atoms in total. The van der Waals surface area contributed by atoms with E-state index in [1.165, 1.54) is 0 Å². The van der Waals surface area contributed by atoms with E-state index in [4.69, 9.17) is 11.6 Å². The predicted octanol–water partition coefficient (Wildman–Crippen LogP) is 4.77. The van der Waals surface area contributed by atoms with Crippen LogP contribution in [0.15, 0.2) is 53.3 Å². The second-order valence-corrected chi connectivity index (χ2v) is 6.97. The first kappa shape index (κ1) is 17.3. The van der Waals surface area contributed by atoms with E-state index in [9.17, 15) is 10.1 Å². The summed E-state index contributed by atoms with van der Waals surface area (Å²) in [5.74, 6) is 0. The molecule has 0 bridgehead atoms. The van der Waals surface area contributed by atoms with E-state index in [1.54, 1.807) is 0 Å². The van der Waals surface area contributed by atoms with Gasteiger partial charge in [0.05, 0.1) is 11.5 Å². The van der Waals surface area contributed by atoms with Gasteiger partial charge >= 0.3 is 0 Å². The van der Waals surface area contributed by atoms with E-state index in [1.807, 2.05) is 62.4 Å². The standard InChI is InChI=1S/C21H19ClN2O/c1-3-15-10-16-7-8-17(11-19(16)24-20(15)25)21(2,13-23)12-14-5-4-6-18(22)9-14/h4-11H,3,12H2,1-2H3,(H,24,25). The number of aryl methyl sites for hydroxylation is 1. The molecule has 1 aromatic heterocycles. The molecule has 0 fully saturated rings. The zero-order valence-electron chi connectivity index (χ0n) is 14.3. The van der Waals surface area contributed by atoms with Crippen molar-refractivity contribution in [3.05, 3.63) is 80.6 Å². The maximum Gasteiger partial charge on any atom is 0.251 e. The molecule has 1 unspecified atom stereocenters. The minimum Gasteiger partial charge on any atom is -0.322 e. The van der Waals surface area contributed by atoms with Gasteiger partial charge in [-0.1, -0.05) is 42.8 Å². The number of nitrogens with zero attached hydrogens (tertiary/aromatic N) is 1. The summed E-state index contributed by atoms with van der Waals surface area (Å²) < 4.78 is 0. The highest BCUT2D eigenvalue weighted by Gasteiger charge is 2.27. The maximum atomic E-state index is 12.1. The number of hydrogen-bond acceptors (Lipinski definition) is 2. The van der Waals surface area contributed by atoms with Crippen LogP contribution in [0, 0.1) is 11.3 Å². The minimum absolute atomic E-state index is 0.0688. The van der Waals surface area contributed by atoms with Crippen LogP contribution < -0.4 is 5.56 Å². The smallest absolute Gasteiger partial charge is 0.251 e. The molecule has 0 aliphatic heterocycles. The summed E-state index contributed by atoms with van der Waals surface area (Å²) in [4.78, 5) is 15.0. The molecule has 3 aromatic rings. The zero-order chi connectivity index (χ0) is 18.0. The Kier molecular flexibility index (Phi) is 4.65. The molecule has 0 spiro atoms. The number of nitrogens with one attached hydrogen (secondary N) is 1. The summed E-state index contributed by atoms with van der Waals surface area (Å²) in [7, 11) is 0. The van der Waals surface area contributed by atoms with Crippen molar-refractivity contribution in [3.8, 4) is 6.07 Å². The van der Waals surface area contributed by atoms with Gasteiger partial charge in [0, 0.05) is 16.1 Å². The lowest BCUT2D eigenvalue weighted by molar-refractivity contribution is 0.607. The van der Waals surface area contributed by atoms with Gasteiger partial charge in [-0.25, -0.2) is 0 Å². The fraction of sp³-hybridized carbons (Fsp3) is 0.238. The van der Waals surface area contributed by atoms with Gasteiger partial charge in [0.15, 0.2) is 0 Å². The van der Waals surface area contributed by atoms with Crippen molar-refractivity contribution in [2.45, 2.75) is 32.1 Å². The Labute approximate surface area is 151 Å². The first-order valence-electron chi connectivity index (χ1n) is 8.27. The first-order chi connectivity index (χ1) is 11.9. The third-order valence-electron chi connectivity index (χ3n) is 4.63. The SMILES string of the molecule is CCc1cc2ccc(C(C)(C#N)Cc3cccc(Cl)c3)cc2[nH]c1=O. The molecule has 2 aromatic carbocycles. The molecular formula is C21H19ClN2O. The van der Waals surface area contributed by atoms with Crippen molar-refractivity contribution >= 4 is 22.5 Å². The second kappa shape index (κ2) is 6.74. The van der Waals surface area contributed by atoms with Crippen LogP contribution in [0.5, 0.6) is 0 Å². The number of H-pyrrole nitrogens is 1. The number of benzene rings is 2. The monoisotopic (exact) mass is 350 g/mol. The molecule has 0 saturated carbocycles. The van der Waals surface area contributed by atoms with Crippen LogP contribution in [0.25, 0.3) is 10.9 Å². The number of nitriles is 1. The summed E-state index contributed by atoms with van der Waals surface area (Å²) in [5, 5.41) is 11.5. The summed E-state index contributed by atoms with van der Waals surface area (Å²) in [6.07, 6.45) is 1.24. The number of aromatic amines is 1. The van der Waals surface area contributed by atoms with Crippen LogP contribution in [-0.2, 0) is 18.3 Å². The highest BCUT2D eigenvalue weighted by Crippen LogP contribution is 2.30. The third kappa shape index (κ3) is 3.45. The van der Waals surface area contributed by atoms with E-state index in [0.29, 0.717) is 17.9 Å². The maximum absolute atomic E-state index is 12.1. The number of rotatable bonds is 4. The number of hydrogen-bond donors (Lipinski definition) is 1. The highest BCUT2D eigenvalue weighted by atomic mass is 35.5. The highest BCUT2D eigenvalue weighted by molar-refractivity contribution is 6.30. The van der Waals surface area contributed by atoms with Gasteiger partial charge in [-0.3, -0.25) is 4.79 Å². The fourth-order valence-electron chi connectivity index (χ4n) is 3.11. The van der Waals surface area contributed by atoms with Crippen LogP contribution in [0.3, 0.4) is 0 Å². The number of aromatic nitrogens is 1. The minimum atomic E-state index is -0.709. The van der Waals surface area contributed by atoms with Gasteiger partial charge in [-0.2, -0.15) is 5.26 Å². The van der Waals surface area contributed by atoms with Crippen molar-refractivity contribution < 1.29 is 0 Å². The van der Waals surface area contributed by atoms with Gasteiger partial charge in [0.1, 0.15) is 0 Å². The average molecular weight is 351 g/mol. The van der Waals surface area contributed by atoms with Crippen LogP contribution >= 0.6 is 11.6 Å². The van der Waals surface area contributed by atoms with Crippen molar-refractivity contribution in [2.75, 3.05) is 0 Å². The average Bonchev–Trinajstić information content (AvgIpc) is 2.60. The normalized spacial score (nSPS) is 13.4. The summed E-state index contributed by atoms with van der Waals surface area (Å²) in [6.45, 7) is 3.87. The van der Waals surface area contributed by atoms with Gasteiger partial charge in [-0.15, -0.1) is 0 Å². The van der Waals surface area contributed by atoms with Crippen LogP contribution in [0.2, 0.25) is 5.02 Å². The van der Waals surface area contributed by atoms with E-state index >= 15 is 0 Å². The van der Waals surface area contributed by atoms with Crippen molar-refractivity contribution in [2.24, 2.45) is 0 Å². The molecule has 0 amide bonds. The van der Waals surface area contributed by atoms with E-state index in [0.717, 1.165) is 27.6 Å². The van der Waals surface area contributed by atoms with E-state index < -0.39 is 5.41 Å². The zero-order valence-corrected chi connectivity index (χ0v) is 15.0. The first-order valence-corrected chi connectivity index (χ1v) is 8.65. The Hall–Kier alpha value is -2.57. The molecule has 1 N–H and O–H groups in total. The molecule has 4 heteroatoms. The number of pyridine rings is 1. The number of halogens is 1. The Morgan fingerprint density at radius 2 is 2.00 bits per heavy atom. The lowest BCUT2D eigenvalue weighted by Gasteiger charge is -2.23. The Balaban J connectivity index is 2.06. The lowest BCUT2D eigenvalue weighted by atomic mass is 9.78. The quantitative estimate of drug-likeness (QED) is 0.737. The molecule has 0 radical (unpaired) electrons. The summed E-state index contributed by atoms with van der Waals surface area (Å²) in [6, 6.07) is 17.7. The molecule has 126 valence electrons. The van der Waals surface area contributed by atoms with E-state index in [2.05, 4.69) is 11.1 Å². The van der Waals surface area contributed by atoms with Gasteiger partial charge in [0.25, 0.3) is 5.56 Å². The van der Waals surface area contributed by atoms with Crippen LogP contribution in [-0.4, -0.2) is 4.98 Å². The van der Waals surface area contributed by atoms with Crippen molar-refractivity contribution in [1.82, 2.24) is 4.98 Å². The van der Waals surface area contributed by atoms with Gasteiger partial charge in [0.2, 0.25) is 0 Å². The molecule has 0 aliphatic rings. The topological polar surface area (TPSA) is 56.6 Å². The Morgan fingerprint density at radius 3 is 2.68 bits per heavy atom. The molecular weight excluding hydrogens is 332 g/mol. The van der Waals surface area contributed by atoms with Crippen LogP contribution in [0.4, 0.5) is 0 Å². The van der Waals surface area contributed by atoms with Gasteiger partial charge in [-0.05, 0) is 60.5 Å². The Morgan fingerprint density at radius 1 is 1.20 bits per heavy atom. The van der Waals surface area contributed by atoms with Gasteiger partial charge < -0.3 is 4.98 Å². The second-order valence-electron chi connectivity index (χ2n) is 6.53. The van der Waals surface area contributed by atoms with E-state index in [-0.39, 0.29) is 5.56 Å². The predicted molar refractivity (Wildman–Crippen MR) is 102 cm³/mol. The molecule has 1 atom stereocenters. The Bertz CT molecular complexity index is 1030. The fourth-order valence-corrected chi connectivity index (χ4v) is 3.33. The summed E-state index contributed by atoms with van der Waals surface area (Å²) in [5.41, 5.74) is 2.63. The molecule has 3 rings (SSSR count). The van der Waals surface area contributed by atoms with Crippen molar-refractivity contribution in [1.29, 1.82) is 5.26 Å². The third-order valence-corrected chi connectivity index (χ3v) is 4.87. The molecule has 25 heavy (non-hydrogen) atoms. The summed E-state index contributed by atoms with van der Waals surface area (Å²) >= 11 is 6.06. The van der Waals surface area contributed by atoms with Crippen molar-refractivity contribution in [3.63, 3.8) is 0 Å². The lowest BCUT2D eigenvalue weighted by Crippen LogP contribution is -2.23. The number of fused-ring (bicyclic) bond motifs is 1. The molecule has 0 saturated heterocycles. The van der Waals surface area contributed by atoms with Crippen LogP contribution in [0.1, 0.15) is 30.5 Å². The molecule has 1 heterocycles.